The Labute approximate surface area is 142 Å². The van der Waals surface area contributed by atoms with Gasteiger partial charge in [0.1, 0.15) is 5.60 Å². The number of nitrogens with zero attached hydrogens (tertiary/aromatic N) is 1. The van der Waals surface area contributed by atoms with Gasteiger partial charge in [-0.1, -0.05) is 4.32 Å². The van der Waals surface area contributed by atoms with Gasteiger partial charge in [0, 0.05) is 19.1 Å². The first-order valence-corrected chi connectivity index (χ1v) is 6.55. The van der Waals surface area contributed by atoms with E-state index in [1.54, 1.807) is 0 Å². The predicted octanol–water partition coefficient (Wildman–Crippen LogP) is -1.19. The maximum atomic E-state index is 11.6. The summed E-state index contributed by atoms with van der Waals surface area (Å²) in [5.41, 5.74) is -0.467. The standard InChI is InChI=1S/C11H20N2O2S2.Na/c1-11(2,3)15-9(14)12-8-5-4-6-13(7-8)10(16)17;/h8H,4-7H2,1-3H3,(H,12,14)(H,16,17);/q;+1/p-1. The molecule has 4 nitrogen and oxygen atoms in total. The van der Waals surface area contributed by atoms with Gasteiger partial charge in [-0.3, -0.25) is 0 Å². The Balaban J connectivity index is 0.00000289. The number of piperidine rings is 1. The molecule has 18 heavy (non-hydrogen) atoms. The molecule has 1 rings (SSSR count). The van der Waals surface area contributed by atoms with Crippen molar-refractivity contribution < 1.29 is 39.1 Å². The van der Waals surface area contributed by atoms with Gasteiger partial charge in [-0.25, -0.2) is 4.79 Å². The molecular weight excluding hydrogens is 279 g/mol. The SMILES string of the molecule is CC(C)(C)OC(=O)NC1CCCN(C(=S)[S-])C1.[Na+]. The number of carbonyl (C=O) groups is 1. The molecule has 1 fully saturated rings. The third kappa shape index (κ3) is 7.09. The van der Waals surface area contributed by atoms with Gasteiger partial charge in [0.2, 0.25) is 0 Å². The fourth-order valence-electron chi connectivity index (χ4n) is 1.74. The summed E-state index contributed by atoms with van der Waals surface area (Å²) < 4.78 is 5.68. The summed E-state index contributed by atoms with van der Waals surface area (Å²) in [6.45, 7) is 7.10. The number of nitrogens with one attached hydrogen (secondary N) is 1. The van der Waals surface area contributed by atoms with Gasteiger partial charge in [0.05, 0.1) is 0 Å². The van der Waals surface area contributed by atoms with E-state index < -0.39 is 5.60 Å². The fraction of sp³-hybridized carbons (Fsp3) is 0.818. The Morgan fingerprint density at radius 2 is 2.11 bits per heavy atom. The molecule has 0 aliphatic carbocycles. The smallest absolute Gasteiger partial charge is 0.444 e. The summed E-state index contributed by atoms with van der Waals surface area (Å²) in [5.74, 6) is 0. The van der Waals surface area contributed by atoms with Crippen molar-refractivity contribution in [2.45, 2.75) is 45.3 Å². The van der Waals surface area contributed by atoms with E-state index >= 15 is 0 Å². The van der Waals surface area contributed by atoms with Gasteiger partial charge in [-0.05, 0) is 33.6 Å². The zero-order valence-corrected chi connectivity index (χ0v) is 15.1. The number of hydrogen-bond donors (Lipinski definition) is 1. The molecule has 1 N–H and O–H groups in total. The van der Waals surface area contributed by atoms with Gasteiger partial charge in [-0.2, -0.15) is 0 Å². The van der Waals surface area contributed by atoms with Crippen LogP contribution in [-0.2, 0) is 17.4 Å². The van der Waals surface area contributed by atoms with E-state index in [2.05, 4.69) is 5.32 Å². The van der Waals surface area contributed by atoms with Gasteiger partial charge in [0.15, 0.2) is 0 Å². The molecule has 0 spiro atoms. The summed E-state index contributed by atoms with van der Waals surface area (Å²) in [7, 11) is 0. The third-order valence-electron chi connectivity index (χ3n) is 2.40. The number of hydrogen-bond acceptors (Lipinski definition) is 4. The van der Waals surface area contributed by atoms with Crippen LogP contribution in [0.3, 0.4) is 0 Å². The third-order valence-corrected chi connectivity index (χ3v) is 2.92. The fourth-order valence-corrected chi connectivity index (χ4v) is 2.07. The number of ether oxygens (including phenoxy) is 1. The van der Waals surface area contributed by atoms with E-state index in [1.807, 2.05) is 25.7 Å². The molecule has 0 aromatic rings. The molecule has 0 radical (unpaired) electrons. The zero-order chi connectivity index (χ0) is 13.1. The number of alkyl carbamates (subject to hydrolysis) is 1. The Kier molecular flexibility index (Phi) is 8.01. The second-order valence-corrected chi connectivity index (χ2v) is 6.23. The monoisotopic (exact) mass is 298 g/mol. The molecule has 1 amide bonds. The molecule has 0 saturated carbocycles. The van der Waals surface area contributed by atoms with Crippen LogP contribution in [0.25, 0.3) is 0 Å². The molecule has 1 aliphatic rings. The van der Waals surface area contributed by atoms with Crippen molar-refractivity contribution in [1.29, 1.82) is 0 Å². The first kappa shape index (κ1) is 18.4. The molecule has 98 valence electrons. The van der Waals surface area contributed by atoms with Crippen molar-refractivity contribution in [3.63, 3.8) is 0 Å². The van der Waals surface area contributed by atoms with Crippen molar-refractivity contribution in [3.05, 3.63) is 0 Å². The van der Waals surface area contributed by atoms with Crippen molar-refractivity contribution in [2.24, 2.45) is 0 Å². The van der Waals surface area contributed by atoms with Crippen LogP contribution < -0.4 is 34.9 Å². The van der Waals surface area contributed by atoms with E-state index in [1.165, 1.54) is 0 Å². The Morgan fingerprint density at radius 1 is 1.50 bits per heavy atom. The van der Waals surface area contributed by atoms with Crippen LogP contribution in [0.4, 0.5) is 4.79 Å². The van der Waals surface area contributed by atoms with Crippen molar-refractivity contribution >= 4 is 35.3 Å². The van der Waals surface area contributed by atoms with Crippen LogP contribution in [0.5, 0.6) is 0 Å². The minimum absolute atomic E-state index is 0. The Bertz CT molecular complexity index is 308. The zero-order valence-electron chi connectivity index (χ0n) is 11.5. The normalized spacial score (nSPS) is 19.7. The topological polar surface area (TPSA) is 41.6 Å². The van der Waals surface area contributed by atoms with Gasteiger partial charge < -0.3 is 39.8 Å². The van der Waals surface area contributed by atoms with Crippen molar-refractivity contribution in [2.75, 3.05) is 13.1 Å². The van der Waals surface area contributed by atoms with Gasteiger partial charge >= 0.3 is 35.7 Å². The second-order valence-electron chi connectivity index (χ2n) is 5.20. The van der Waals surface area contributed by atoms with Crippen LogP contribution in [-0.4, -0.2) is 40.0 Å². The number of thiocarbonyl (C=S) groups is 1. The molecular formula is C11H19N2NaO2S2. The second kappa shape index (κ2) is 7.85. The molecule has 1 heterocycles. The summed E-state index contributed by atoms with van der Waals surface area (Å²) in [4.78, 5) is 13.5. The van der Waals surface area contributed by atoms with E-state index in [-0.39, 0.29) is 41.7 Å². The van der Waals surface area contributed by atoms with E-state index in [0.717, 1.165) is 19.4 Å². The van der Waals surface area contributed by atoms with Crippen LogP contribution in [0.2, 0.25) is 0 Å². The number of likely N-dealkylation sites (tertiary alicyclic amines) is 1. The van der Waals surface area contributed by atoms with Crippen LogP contribution in [0.15, 0.2) is 0 Å². The van der Waals surface area contributed by atoms with Gasteiger partial charge in [-0.15, -0.1) is 0 Å². The molecule has 1 atom stereocenters. The van der Waals surface area contributed by atoms with Crippen LogP contribution in [0, 0.1) is 0 Å². The largest absolute Gasteiger partial charge is 1.00 e. The van der Waals surface area contributed by atoms with E-state index in [0.29, 0.717) is 10.9 Å². The first-order chi connectivity index (χ1) is 7.78. The summed E-state index contributed by atoms with van der Waals surface area (Å²) >= 11 is 9.93. The molecule has 0 bridgehead atoms. The summed E-state index contributed by atoms with van der Waals surface area (Å²) in [5, 5.41) is 2.85. The Hall–Kier alpha value is 0.380. The molecule has 1 saturated heterocycles. The first-order valence-electron chi connectivity index (χ1n) is 5.73. The molecule has 0 aromatic carbocycles. The van der Waals surface area contributed by atoms with E-state index in [4.69, 9.17) is 29.6 Å². The summed E-state index contributed by atoms with van der Waals surface area (Å²) in [6.07, 6.45) is 1.55. The van der Waals surface area contributed by atoms with E-state index in [9.17, 15) is 4.79 Å². The van der Waals surface area contributed by atoms with Crippen LogP contribution >= 0.6 is 12.2 Å². The number of carbonyl (C=O) groups excluding carboxylic acids is 1. The molecule has 7 heteroatoms. The van der Waals surface area contributed by atoms with Crippen molar-refractivity contribution in [3.8, 4) is 0 Å². The minimum Gasteiger partial charge on any atom is -0.444 e. The average molecular weight is 298 g/mol. The average Bonchev–Trinajstić information content (AvgIpc) is 2.14. The number of amides is 1. The molecule has 0 aromatic heterocycles. The molecule has 1 aliphatic heterocycles. The van der Waals surface area contributed by atoms with Gasteiger partial charge in [0.25, 0.3) is 0 Å². The number of rotatable bonds is 1. The predicted molar refractivity (Wildman–Crippen MR) is 73.9 cm³/mol. The van der Waals surface area contributed by atoms with Crippen LogP contribution in [0.1, 0.15) is 33.6 Å². The molecule has 1 unspecified atom stereocenters. The maximum absolute atomic E-state index is 11.6. The maximum Gasteiger partial charge on any atom is 1.00 e. The Morgan fingerprint density at radius 3 is 2.61 bits per heavy atom. The minimum atomic E-state index is -0.467. The quantitative estimate of drug-likeness (QED) is 0.375. The summed E-state index contributed by atoms with van der Waals surface area (Å²) in [6, 6.07) is 0.0690. The van der Waals surface area contributed by atoms with Crippen molar-refractivity contribution in [1.82, 2.24) is 10.2 Å².